The molecule has 0 atom stereocenters. The molecule has 0 saturated carbocycles. The van der Waals surface area contributed by atoms with E-state index >= 15 is 0 Å². The lowest BCUT2D eigenvalue weighted by atomic mass is 10.1. The Morgan fingerprint density at radius 2 is 1.76 bits per heavy atom. The summed E-state index contributed by atoms with van der Waals surface area (Å²) in [6.45, 7) is 1.88. The van der Waals surface area contributed by atoms with Crippen molar-refractivity contribution < 1.29 is 9.53 Å². The van der Waals surface area contributed by atoms with Crippen molar-refractivity contribution in [3.8, 4) is 5.75 Å². The summed E-state index contributed by atoms with van der Waals surface area (Å²) < 4.78 is 5.16. The lowest BCUT2D eigenvalue weighted by Crippen LogP contribution is -2.20. The topological polar surface area (TPSA) is 50.7 Å². The summed E-state index contributed by atoms with van der Waals surface area (Å²) in [6, 6.07) is 17.1. The molecule has 0 radical (unpaired) electrons. The first kappa shape index (κ1) is 14.8. The van der Waals surface area contributed by atoms with Gasteiger partial charge in [-0.2, -0.15) is 5.10 Å². The molecule has 0 aliphatic rings. The van der Waals surface area contributed by atoms with Gasteiger partial charge < -0.3 is 4.74 Å². The van der Waals surface area contributed by atoms with Crippen LogP contribution in [0.3, 0.4) is 0 Å². The van der Waals surface area contributed by atoms with Crippen LogP contribution in [0.2, 0.25) is 0 Å². The molecule has 2 rings (SSSR count). The van der Waals surface area contributed by atoms with Crippen LogP contribution in [-0.4, -0.2) is 18.7 Å². The van der Waals surface area contributed by atoms with Gasteiger partial charge in [-0.25, -0.2) is 5.43 Å². The van der Waals surface area contributed by atoms with E-state index in [-0.39, 0.29) is 5.91 Å². The normalized spacial score (nSPS) is 11.0. The van der Waals surface area contributed by atoms with E-state index in [0.29, 0.717) is 17.7 Å². The van der Waals surface area contributed by atoms with Crippen LogP contribution in [-0.2, 0) is 6.42 Å². The number of ether oxygens (including phenoxy) is 1. The monoisotopic (exact) mass is 282 g/mol. The zero-order valence-corrected chi connectivity index (χ0v) is 12.2. The van der Waals surface area contributed by atoms with Gasteiger partial charge in [0.25, 0.3) is 5.91 Å². The van der Waals surface area contributed by atoms with Crippen LogP contribution in [0.1, 0.15) is 22.8 Å². The summed E-state index contributed by atoms with van der Waals surface area (Å²) in [6.07, 6.45) is 0.701. The molecular weight excluding hydrogens is 264 g/mol. The number of carbonyl (C=O) groups excluding carboxylic acids is 1. The maximum absolute atomic E-state index is 12.1. The number of nitrogens with zero attached hydrogens (tertiary/aromatic N) is 1. The highest BCUT2D eigenvalue weighted by Crippen LogP contribution is 2.16. The molecule has 4 heteroatoms. The number of hydrogen-bond donors (Lipinski definition) is 1. The van der Waals surface area contributed by atoms with E-state index in [4.69, 9.17) is 4.74 Å². The van der Waals surface area contributed by atoms with Crippen molar-refractivity contribution in [3.63, 3.8) is 0 Å². The van der Waals surface area contributed by atoms with Crippen LogP contribution in [0.4, 0.5) is 0 Å². The Kier molecular flexibility index (Phi) is 5.10. The minimum atomic E-state index is -0.278. The van der Waals surface area contributed by atoms with Gasteiger partial charge in [-0.15, -0.1) is 0 Å². The quantitative estimate of drug-likeness (QED) is 0.677. The number of nitrogens with one attached hydrogen (secondary N) is 1. The first-order valence-corrected chi connectivity index (χ1v) is 6.71. The third kappa shape index (κ3) is 4.18. The smallest absolute Gasteiger partial charge is 0.275 e. The molecule has 1 amide bonds. The summed E-state index contributed by atoms with van der Waals surface area (Å²) in [5.74, 6) is 0.255. The number of hydrogen-bond acceptors (Lipinski definition) is 3. The fourth-order valence-electron chi connectivity index (χ4n) is 1.97. The summed E-state index contributed by atoms with van der Waals surface area (Å²) in [5, 5.41) is 4.13. The molecule has 0 aliphatic heterocycles. The highest BCUT2D eigenvalue weighted by atomic mass is 16.5. The standard InChI is InChI=1S/C17H18N2O2/c1-13(12-14-8-4-3-5-9-14)18-19-17(20)15-10-6-7-11-16(15)21-2/h3-11H,12H2,1-2H3,(H,19,20). The van der Waals surface area contributed by atoms with Gasteiger partial charge in [0.05, 0.1) is 12.7 Å². The fraction of sp³-hybridized carbons (Fsp3) is 0.176. The predicted octanol–water partition coefficient (Wildman–Crippen LogP) is 3.04. The van der Waals surface area contributed by atoms with Crippen molar-refractivity contribution in [2.75, 3.05) is 7.11 Å². The molecule has 0 aliphatic carbocycles. The van der Waals surface area contributed by atoms with Gasteiger partial charge >= 0.3 is 0 Å². The van der Waals surface area contributed by atoms with E-state index < -0.39 is 0 Å². The number of hydrazone groups is 1. The van der Waals surface area contributed by atoms with Crippen LogP contribution in [0.5, 0.6) is 5.75 Å². The van der Waals surface area contributed by atoms with Crippen LogP contribution < -0.4 is 10.2 Å². The highest BCUT2D eigenvalue weighted by Gasteiger charge is 2.10. The molecule has 108 valence electrons. The molecule has 0 spiro atoms. The average Bonchev–Trinajstić information content (AvgIpc) is 2.53. The summed E-state index contributed by atoms with van der Waals surface area (Å²) in [5.41, 5.74) is 5.03. The minimum Gasteiger partial charge on any atom is -0.496 e. The molecule has 0 unspecified atom stereocenters. The van der Waals surface area contributed by atoms with Crippen molar-refractivity contribution >= 4 is 11.6 Å². The largest absolute Gasteiger partial charge is 0.496 e. The summed E-state index contributed by atoms with van der Waals surface area (Å²) in [4.78, 5) is 12.1. The number of methoxy groups -OCH3 is 1. The highest BCUT2D eigenvalue weighted by molar-refractivity contribution is 5.97. The van der Waals surface area contributed by atoms with Crippen LogP contribution in [0.15, 0.2) is 59.7 Å². The zero-order chi connectivity index (χ0) is 15.1. The second-order valence-corrected chi connectivity index (χ2v) is 4.65. The van der Waals surface area contributed by atoms with Crippen molar-refractivity contribution in [1.82, 2.24) is 5.43 Å². The van der Waals surface area contributed by atoms with Gasteiger partial charge in [0, 0.05) is 12.1 Å². The van der Waals surface area contributed by atoms with Gasteiger partial charge in [0.15, 0.2) is 0 Å². The van der Waals surface area contributed by atoms with Gasteiger partial charge in [-0.05, 0) is 24.6 Å². The Labute approximate surface area is 124 Å². The number of para-hydroxylation sites is 1. The van der Waals surface area contributed by atoms with Gasteiger partial charge in [0.1, 0.15) is 5.75 Å². The Morgan fingerprint density at radius 3 is 2.48 bits per heavy atom. The van der Waals surface area contributed by atoms with Crippen molar-refractivity contribution in [3.05, 3.63) is 65.7 Å². The molecule has 4 nitrogen and oxygen atoms in total. The molecule has 0 fully saturated rings. The molecule has 21 heavy (non-hydrogen) atoms. The second kappa shape index (κ2) is 7.24. The maximum Gasteiger partial charge on any atom is 0.275 e. The van der Waals surface area contributed by atoms with Crippen molar-refractivity contribution in [1.29, 1.82) is 0 Å². The van der Waals surface area contributed by atoms with E-state index in [1.54, 1.807) is 18.2 Å². The van der Waals surface area contributed by atoms with E-state index in [1.807, 2.05) is 43.3 Å². The summed E-state index contributed by atoms with van der Waals surface area (Å²) in [7, 11) is 1.54. The first-order chi connectivity index (χ1) is 10.2. The van der Waals surface area contributed by atoms with E-state index in [0.717, 1.165) is 11.3 Å². The lowest BCUT2D eigenvalue weighted by molar-refractivity contribution is 0.0951. The number of amides is 1. The van der Waals surface area contributed by atoms with Crippen molar-refractivity contribution in [2.24, 2.45) is 5.10 Å². The molecule has 1 N–H and O–H groups in total. The first-order valence-electron chi connectivity index (χ1n) is 6.71. The Bertz CT molecular complexity index is 636. The average molecular weight is 282 g/mol. The maximum atomic E-state index is 12.1. The number of rotatable bonds is 5. The van der Waals surface area contributed by atoms with E-state index in [2.05, 4.69) is 10.5 Å². The van der Waals surface area contributed by atoms with Crippen LogP contribution >= 0.6 is 0 Å². The van der Waals surface area contributed by atoms with Crippen LogP contribution in [0, 0.1) is 0 Å². The molecule has 0 aromatic heterocycles. The molecule has 0 heterocycles. The Balaban J connectivity index is 2.01. The second-order valence-electron chi connectivity index (χ2n) is 4.65. The van der Waals surface area contributed by atoms with E-state index in [1.165, 1.54) is 7.11 Å². The van der Waals surface area contributed by atoms with E-state index in [9.17, 15) is 4.79 Å². The van der Waals surface area contributed by atoms with Gasteiger partial charge in [-0.3, -0.25) is 4.79 Å². The lowest BCUT2D eigenvalue weighted by Gasteiger charge is -2.07. The SMILES string of the molecule is COc1ccccc1C(=O)NN=C(C)Cc1ccccc1. The minimum absolute atomic E-state index is 0.278. The molecule has 2 aromatic carbocycles. The predicted molar refractivity (Wildman–Crippen MR) is 83.7 cm³/mol. The molecule has 2 aromatic rings. The van der Waals surface area contributed by atoms with Gasteiger partial charge in [0.2, 0.25) is 0 Å². The third-order valence-corrected chi connectivity index (χ3v) is 3.00. The zero-order valence-electron chi connectivity index (χ0n) is 12.2. The Morgan fingerprint density at radius 1 is 1.10 bits per heavy atom. The number of carbonyl (C=O) groups is 1. The fourth-order valence-corrected chi connectivity index (χ4v) is 1.97. The van der Waals surface area contributed by atoms with Crippen molar-refractivity contribution in [2.45, 2.75) is 13.3 Å². The summed E-state index contributed by atoms with van der Waals surface area (Å²) >= 11 is 0. The molecule has 0 saturated heterocycles. The Hall–Kier alpha value is -2.62. The third-order valence-electron chi connectivity index (χ3n) is 3.00. The van der Waals surface area contributed by atoms with Gasteiger partial charge in [-0.1, -0.05) is 42.5 Å². The van der Waals surface area contributed by atoms with Crippen LogP contribution in [0.25, 0.3) is 0 Å². The molecule has 0 bridgehead atoms. The number of benzene rings is 2. The molecular formula is C17H18N2O2.